The second-order valence-electron chi connectivity index (χ2n) is 4.22. The van der Waals surface area contributed by atoms with Gasteiger partial charge in [0, 0.05) is 0 Å². The Morgan fingerprint density at radius 1 is 1.13 bits per heavy atom. The highest BCUT2D eigenvalue weighted by molar-refractivity contribution is 5.87. The molecule has 1 atom stereocenters. The van der Waals surface area contributed by atoms with Gasteiger partial charge < -0.3 is 11.1 Å². The lowest BCUT2D eigenvalue weighted by Crippen LogP contribution is -2.40. The van der Waals surface area contributed by atoms with E-state index in [-0.39, 0.29) is 12.1 Å². The van der Waals surface area contributed by atoms with Gasteiger partial charge in [-0.05, 0) is 25.3 Å². The van der Waals surface area contributed by atoms with Crippen LogP contribution in [0, 0.1) is 0 Å². The predicted octanol–water partition coefficient (Wildman–Crippen LogP) is 2.08. The van der Waals surface area contributed by atoms with E-state index in [1.54, 1.807) is 6.08 Å². The van der Waals surface area contributed by atoms with Crippen LogP contribution in [0.15, 0.2) is 12.2 Å². The first-order chi connectivity index (χ1) is 7.29. The van der Waals surface area contributed by atoms with Crippen LogP contribution in [-0.4, -0.2) is 12.1 Å². The van der Waals surface area contributed by atoms with Crippen molar-refractivity contribution in [1.82, 2.24) is 5.32 Å². The molecule has 0 aromatic rings. The van der Waals surface area contributed by atoms with Crippen LogP contribution in [-0.2, 0) is 4.79 Å². The number of hydrogen-bond acceptors (Lipinski definition) is 2. The predicted molar refractivity (Wildman–Crippen MR) is 62.2 cm³/mol. The Morgan fingerprint density at radius 3 is 2.60 bits per heavy atom. The van der Waals surface area contributed by atoms with Gasteiger partial charge in [-0.3, -0.25) is 4.79 Å². The van der Waals surface area contributed by atoms with Crippen LogP contribution < -0.4 is 11.1 Å². The number of allylic oxidation sites excluding steroid dienone is 1. The van der Waals surface area contributed by atoms with Crippen LogP contribution >= 0.6 is 0 Å². The summed E-state index contributed by atoms with van der Waals surface area (Å²) in [6.07, 6.45) is 12.7. The molecule has 0 radical (unpaired) electrons. The van der Waals surface area contributed by atoms with E-state index in [0.29, 0.717) is 0 Å². The van der Waals surface area contributed by atoms with E-state index in [1.165, 1.54) is 32.1 Å². The summed E-state index contributed by atoms with van der Waals surface area (Å²) in [5, 5.41) is 2.77. The van der Waals surface area contributed by atoms with Crippen molar-refractivity contribution in [1.29, 1.82) is 0 Å². The highest BCUT2D eigenvalue weighted by Crippen LogP contribution is 2.09. The maximum Gasteiger partial charge on any atom is 0.244 e. The highest BCUT2D eigenvalue weighted by Gasteiger charge is 2.04. The SMILES string of the molecule is NC1CCCCCCCC/C=C\C(=O)N1. The van der Waals surface area contributed by atoms with Crippen molar-refractivity contribution < 1.29 is 4.79 Å². The van der Waals surface area contributed by atoms with Crippen molar-refractivity contribution in [2.75, 3.05) is 0 Å². The van der Waals surface area contributed by atoms with Crippen molar-refractivity contribution in [2.24, 2.45) is 5.73 Å². The molecule has 15 heavy (non-hydrogen) atoms. The van der Waals surface area contributed by atoms with E-state index in [9.17, 15) is 4.79 Å². The van der Waals surface area contributed by atoms with E-state index in [1.807, 2.05) is 6.08 Å². The molecule has 1 heterocycles. The van der Waals surface area contributed by atoms with Crippen LogP contribution in [0.2, 0.25) is 0 Å². The molecule has 1 amide bonds. The topological polar surface area (TPSA) is 55.1 Å². The standard InChI is InChI=1S/C12H22N2O/c13-11-9-7-5-3-1-2-4-6-8-10-12(15)14-11/h8,10-11H,1-7,9,13H2,(H,14,15)/b10-8-. The second kappa shape index (κ2) is 7.46. The molecule has 1 rings (SSSR count). The van der Waals surface area contributed by atoms with Crippen molar-refractivity contribution >= 4 is 5.91 Å². The van der Waals surface area contributed by atoms with Crippen LogP contribution in [0.25, 0.3) is 0 Å². The van der Waals surface area contributed by atoms with Gasteiger partial charge in [-0.2, -0.15) is 0 Å². The summed E-state index contributed by atoms with van der Waals surface area (Å²) in [7, 11) is 0. The van der Waals surface area contributed by atoms with Gasteiger partial charge in [0.25, 0.3) is 0 Å². The first kappa shape index (κ1) is 12.2. The van der Waals surface area contributed by atoms with E-state index in [4.69, 9.17) is 5.73 Å². The number of nitrogens with one attached hydrogen (secondary N) is 1. The minimum absolute atomic E-state index is 0.0539. The summed E-state index contributed by atoms with van der Waals surface area (Å²) in [4.78, 5) is 11.3. The maximum atomic E-state index is 11.3. The lowest BCUT2D eigenvalue weighted by molar-refractivity contribution is -0.117. The molecule has 0 aliphatic carbocycles. The number of rotatable bonds is 0. The van der Waals surface area contributed by atoms with Crippen molar-refractivity contribution in [3.8, 4) is 0 Å². The molecular weight excluding hydrogens is 188 g/mol. The summed E-state index contributed by atoms with van der Waals surface area (Å²) in [5.41, 5.74) is 5.78. The molecule has 0 aromatic heterocycles. The molecular formula is C12H22N2O. The van der Waals surface area contributed by atoms with Crippen molar-refractivity contribution in [3.05, 3.63) is 12.2 Å². The minimum Gasteiger partial charge on any atom is -0.337 e. The Morgan fingerprint density at radius 2 is 1.80 bits per heavy atom. The average molecular weight is 210 g/mol. The normalized spacial score (nSPS) is 28.1. The Labute approximate surface area is 92.1 Å². The molecule has 1 aliphatic heterocycles. The van der Waals surface area contributed by atoms with Crippen LogP contribution in [0.4, 0.5) is 0 Å². The average Bonchev–Trinajstić information content (AvgIpc) is 2.21. The number of carbonyl (C=O) groups excluding carboxylic acids is 1. The first-order valence-corrected chi connectivity index (χ1v) is 6.01. The molecule has 1 unspecified atom stereocenters. The van der Waals surface area contributed by atoms with Gasteiger partial charge in [-0.15, -0.1) is 0 Å². The van der Waals surface area contributed by atoms with Crippen LogP contribution in [0.1, 0.15) is 51.4 Å². The summed E-state index contributed by atoms with van der Waals surface area (Å²) >= 11 is 0. The van der Waals surface area contributed by atoms with Gasteiger partial charge in [0.05, 0.1) is 6.17 Å². The summed E-state index contributed by atoms with van der Waals surface area (Å²) in [6.45, 7) is 0. The molecule has 3 heteroatoms. The molecule has 0 bridgehead atoms. The monoisotopic (exact) mass is 210 g/mol. The van der Waals surface area contributed by atoms with E-state index in [0.717, 1.165) is 19.3 Å². The zero-order valence-corrected chi connectivity index (χ0v) is 9.37. The second-order valence-corrected chi connectivity index (χ2v) is 4.22. The molecule has 86 valence electrons. The lowest BCUT2D eigenvalue weighted by atomic mass is 10.1. The van der Waals surface area contributed by atoms with E-state index in [2.05, 4.69) is 5.32 Å². The Bertz CT molecular complexity index is 214. The minimum atomic E-state index is -0.178. The Kier molecular flexibility index (Phi) is 6.09. The number of hydrogen-bond donors (Lipinski definition) is 2. The zero-order chi connectivity index (χ0) is 10.9. The van der Waals surface area contributed by atoms with Gasteiger partial charge in [-0.25, -0.2) is 0 Å². The molecule has 0 saturated carbocycles. The smallest absolute Gasteiger partial charge is 0.244 e. The lowest BCUT2D eigenvalue weighted by Gasteiger charge is -2.11. The molecule has 0 spiro atoms. The van der Waals surface area contributed by atoms with Crippen molar-refractivity contribution in [2.45, 2.75) is 57.5 Å². The Balaban J connectivity index is 2.35. The fourth-order valence-electron chi connectivity index (χ4n) is 1.83. The number of nitrogens with two attached hydrogens (primary N) is 1. The third kappa shape index (κ3) is 6.28. The molecule has 0 aromatic carbocycles. The molecule has 3 N–H and O–H groups in total. The molecule has 3 nitrogen and oxygen atoms in total. The van der Waals surface area contributed by atoms with Gasteiger partial charge in [-0.1, -0.05) is 38.2 Å². The summed E-state index contributed by atoms with van der Waals surface area (Å²) in [6, 6.07) is 0. The summed E-state index contributed by atoms with van der Waals surface area (Å²) < 4.78 is 0. The van der Waals surface area contributed by atoms with Gasteiger partial charge in [0.15, 0.2) is 0 Å². The largest absolute Gasteiger partial charge is 0.337 e. The fourth-order valence-corrected chi connectivity index (χ4v) is 1.83. The van der Waals surface area contributed by atoms with Gasteiger partial charge in [0.1, 0.15) is 0 Å². The number of carbonyl (C=O) groups is 1. The third-order valence-electron chi connectivity index (χ3n) is 2.73. The van der Waals surface area contributed by atoms with Gasteiger partial charge in [0.2, 0.25) is 5.91 Å². The zero-order valence-electron chi connectivity index (χ0n) is 9.37. The van der Waals surface area contributed by atoms with E-state index < -0.39 is 0 Å². The van der Waals surface area contributed by atoms with Crippen LogP contribution in [0.5, 0.6) is 0 Å². The molecule has 1 aliphatic rings. The molecule has 0 saturated heterocycles. The molecule has 0 fully saturated rings. The fraction of sp³-hybridized carbons (Fsp3) is 0.750. The van der Waals surface area contributed by atoms with Gasteiger partial charge >= 0.3 is 0 Å². The van der Waals surface area contributed by atoms with Crippen LogP contribution in [0.3, 0.4) is 0 Å². The quantitative estimate of drug-likeness (QED) is 0.643. The maximum absolute atomic E-state index is 11.3. The van der Waals surface area contributed by atoms with Crippen molar-refractivity contribution in [3.63, 3.8) is 0 Å². The van der Waals surface area contributed by atoms with E-state index >= 15 is 0 Å². The summed E-state index contributed by atoms with van der Waals surface area (Å²) in [5.74, 6) is -0.0539. The first-order valence-electron chi connectivity index (χ1n) is 6.01. The number of amides is 1. The third-order valence-corrected chi connectivity index (χ3v) is 2.73. The highest BCUT2D eigenvalue weighted by atomic mass is 16.1. The Hall–Kier alpha value is -0.830.